The van der Waals surface area contributed by atoms with E-state index in [1.54, 1.807) is 7.05 Å². The maximum atomic E-state index is 12.4. The number of hydrogen-bond acceptors (Lipinski definition) is 3. The lowest BCUT2D eigenvalue weighted by Crippen LogP contribution is -2.48. The molecule has 0 bridgehead atoms. The molecule has 15 heavy (non-hydrogen) atoms. The van der Waals surface area contributed by atoms with Gasteiger partial charge in [-0.15, -0.1) is 0 Å². The smallest absolute Gasteiger partial charge is 0.356 e. The molecule has 0 aliphatic heterocycles. The first-order valence-corrected chi connectivity index (χ1v) is 4.74. The Bertz CT molecular complexity index is 177. The first-order valence-electron chi connectivity index (χ1n) is 4.74. The average Bonchev–Trinajstić information content (AvgIpc) is 2.13. The zero-order valence-corrected chi connectivity index (χ0v) is 9.28. The minimum atomic E-state index is -2.23. The molecule has 0 aromatic carbocycles. The van der Waals surface area contributed by atoms with E-state index in [4.69, 9.17) is 15.3 Å². The van der Waals surface area contributed by atoms with Gasteiger partial charge in [-0.1, -0.05) is 13.3 Å². The molecule has 0 N–H and O–H groups in total. The topological polar surface area (TPSA) is 66.2 Å². The van der Waals surface area contributed by atoms with E-state index in [0.717, 1.165) is 12.8 Å². The summed E-state index contributed by atoms with van der Waals surface area (Å²) in [7, 11) is 1.61. The van der Waals surface area contributed by atoms with Gasteiger partial charge in [0.25, 0.3) is 0 Å². The van der Waals surface area contributed by atoms with Crippen molar-refractivity contribution in [2.45, 2.75) is 33.2 Å². The molecule has 1 atom stereocenters. The molecule has 7 heteroatoms. The van der Waals surface area contributed by atoms with Crippen molar-refractivity contribution >= 4 is 0 Å². The van der Waals surface area contributed by atoms with E-state index in [2.05, 4.69) is 0 Å². The Morgan fingerprint density at radius 1 is 1.33 bits per heavy atom. The summed E-state index contributed by atoms with van der Waals surface area (Å²) in [5, 5.41) is 14.8. The van der Waals surface area contributed by atoms with E-state index in [-0.39, 0.29) is 4.48 Å². The summed E-state index contributed by atoms with van der Waals surface area (Å²) in [5.74, 6) is 0. The third-order valence-electron chi connectivity index (χ3n) is 2.22. The predicted molar refractivity (Wildman–Crippen MR) is 52.9 cm³/mol. The number of halogens is 2. The van der Waals surface area contributed by atoms with Gasteiger partial charge in [0.1, 0.15) is 0 Å². The molecule has 0 saturated heterocycles. The second-order valence-corrected chi connectivity index (χ2v) is 3.37. The normalized spacial score (nSPS) is 14.0. The maximum absolute atomic E-state index is 12.4. The van der Waals surface area contributed by atoms with Gasteiger partial charge in [0.15, 0.2) is 0 Å². The molecule has 1 unspecified atom stereocenters. The summed E-state index contributed by atoms with van der Waals surface area (Å²) >= 11 is 0. The van der Waals surface area contributed by atoms with E-state index in [1.807, 2.05) is 13.8 Å². The largest absolute Gasteiger partial charge is 0.380 e. The van der Waals surface area contributed by atoms with Gasteiger partial charge in [0.05, 0.1) is 25.2 Å². The minimum absolute atomic E-state index is 0.103. The minimum Gasteiger partial charge on any atom is -0.356 e. The number of rotatable bonds is 5. The zero-order valence-electron chi connectivity index (χ0n) is 9.28. The highest BCUT2D eigenvalue weighted by Crippen LogP contribution is 2.14. The zero-order chi connectivity index (χ0) is 12.5. The van der Waals surface area contributed by atoms with E-state index >= 15 is 0 Å². The monoisotopic (exact) mass is 228 g/mol. The van der Waals surface area contributed by atoms with Gasteiger partial charge in [-0.3, -0.25) is 4.48 Å². The molecule has 5 nitrogen and oxygen atoms in total. The average molecular weight is 228 g/mol. The van der Waals surface area contributed by atoms with Gasteiger partial charge in [0, 0.05) is 0 Å². The molecule has 0 radical (unpaired) electrons. The lowest BCUT2D eigenvalue weighted by Gasteiger charge is -2.31. The highest BCUT2D eigenvalue weighted by molar-refractivity contribution is 4.35. The van der Waals surface area contributed by atoms with Crippen LogP contribution in [0.2, 0.25) is 0 Å². The van der Waals surface area contributed by atoms with Crippen LogP contribution >= 0.6 is 0 Å². The molecule has 0 spiro atoms. The molecule has 0 heterocycles. The van der Waals surface area contributed by atoms with Crippen LogP contribution in [0.25, 0.3) is 0 Å². The van der Waals surface area contributed by atoms with Crippen molar-refractivity contribution in [3.63, 3.8) is 0 Å². The number of alkyl halides is 2. The highest BCUT2D eigenvalue weighted by Gasteiger charge is 2.29. The fraction of sp³-hybridized carbons (Fsp3) is 1.00. The molecule has 0 aliphatic rings. The molecule has 0 fully saturated rings. The van der Waals surface area contributed by atoms with E-state index in [1.165, 1.54) is 0 Å². The van der Waals surface area contributed by atoms with Crippen LogP contribution in [-0.2, 0) is 0 Å². The Hall–Kier alpha value is -0.980. The number of hydrogen-bond donors (Lipinski definition) is 0. The molecule has 92 valence electrons. The lowest BCUT2D eigenvalue weighted by molar-refractivity contribution is -0.961. The third-order valence-corrected chi connectivity index (χ3v) is 2.22. The van der Waals surface area contributed by atoms with Crippen LogP contribution in [0.1, 0.15) is 26.7 Å². The first kappa shape index (κ1) is 16.4. The van der Waals surface area contributed by atoms with Gasteiger partial charge in [0.2, 0.25) is 0 Å². The molecule has 0 saturated carbocycles. The van der Waals surface area contributed by atoms with Crippen molar-refractivity contribution in [2.24, 2.45) is 0 Å². The van der Waals surface area contributed by atoms with Crippen LogP contribution in [0.15, 0.2) is 0 Å². The van der Waals surface area contributed by atoms with Gasteiger partial charge in [-0.2, -0.15) is 8.78 Å². The summed E-state index contributed by atoms with van der Waals surface area (Å²) in [4.78, 5) is 8.25. The predicted octanol–water partition coefficient (Wildman–Crippen LogP) is 2.24. The third kappa shape index (κ3) is 9.33. The Morgan fingerprint density at radius 3 is 1.93 bits per heavy atom. The molecular formula is C8H18F2N2O3. The molecular weight excluding hydrogens is 210 g/mol. The highest BCUT2D eigenvalue weighted by atomic mass is 19.3. The number of unbranched alkanes of at least 4 members (excludes halogenated alkanes) is 1. The maximum Gasteiger partial charge on any atom is 0.380 e. The quantitative estimate of drug-likeness (QED) is 0.313. The van der Waals surface area contributed by atoms with Crippen molar-refractivity contribution in [2.75, 3.05) is 20.1 Å². The van der Waals surface area contributed by atoms with Gasteiger partial charge in [-0.25, -0.2) is 0 Å². The summed E-state index contributed by atoms with van der Waals surface area (Å²) < 4.78 is 24.7. The summed E-state index contributed by atoms with van der Waals surface area (Å²) in [6.45, 7) is 2.70. The number of quaternary nitrogens is 1. The van der Waals surface area contributed by atoms with Crippen molar-refractivity contribution < 1.29 is 18.4 Å². The molecule has 0 aliphatic carbocycles. The summed E-state index contributed by atoms with van der Waals surface area (Å²) in [6.07, 6.45) is 1.87. The molecule has 0 aromatic heterocycles. The molecule has 0 amide bonds. The Kier molecular flexibility index (Phi) is 9.14. The van der Waals surface area contributed by atoms with E-state index in [0.29, 0.717) is 13.1 Å². The van der Waals surface area contributed by atoms with Crippen molar-refractivity contribution in [3.05, 3.63) is 15.3 Å². The van der Waals surface area contributed by atoms with E-state index < -0.39 is 11.6 Å². The molecule has 0 aromatic rings. The van der Waals surface area contributed by atoms with Crippen molar-refractivity contribution in [3.8, 4) is 0 Å². The summed E-state index contributed by atoms with van der Waals surface area (Å²) in [6, 6.07) is 0. The SMILES string of the molecule is CCCC[N+](C)(CC)C(F)F.O=[N+]([O-])[O-]. The van der Waals surface area contributed by atoms with Gasteiger partial charge < -0.3 is 15.3 Å². The van der Waals surface area contributed by atoms with Gasteiger partial charge in [-0.05, 0) is 13.3 Å². The Morgan fingerprint density at radius 2 is 1.73 bits per heavy atom. The van der Waals surface area contributed by atoms with Crippen LogP contribution < -0.4 is 0 Å². The van der Waals surface area contributed by atoms with Crippen molar-refractivity contribution in [1.29, 1.82) is 0 Å². The summed E-state index contributed by atoms with van der Waals surface area (Å²) in [5.41, 5.74) is 0. The second-order valence-electron chi connectivity index (χ2n) is 3.37. The lowest BCUT2D eigenvalue weighted by atomic mass is 10.3. The fourth-order valence-corrected chi connectivity index (χ4v) is 0.913. The number of nitrogens with zero attached hydrogens (tertiary/aromatic N) is 2. The van der Waals surface area contributed by atoms with Crippen LogP contribution in [0.5, 0.6) is 0 Å². The van der Waals surface area contributed by atoms with Crippen LogP contribution in [0.4, 0.5) is 8.78 Å². The Balaban J connectivity index is 0. The second kappa shape index (κ2) is 8.34. The van der Waals surface area contributed by atoms with Crippen LogP contribution in [0, 0.1) is 15.3 Å². The first-order chi connectivity index (χ1) is 6.80. The fourth-order valence-electron chi connectivity index (χ4n) is 0.913. The van der Waals surface area contributed by atoms with Gasteiger partial charge >= 0.3 is 6.55 Å². The van der Waals surface area contributed by atoms with Crippen LogP contribution in [0.3, 0.4) is 0 Å². The standard InChI is InChI=1S/C8H18F2N.NO3/c1-4-6-7-11(3,5-2)8(9)10;2-1(3)4/h8H,4-7H2,1-3H3;/q+1;-1. The van der Waals surface area contributed by atoms with Crippen molar-refractivity contribution in [1.82, 2.24) is 0 Å². The van der Waals surface area contributed by atoms with E-state index in [9.17, 15) is 8.78 Å². The molecule has 0 rings (SSSR count). The Labute approximate surface area is 88.0 Å². The van der Waals surface area contributed by atoms with Crippen LogP contribution in [-0.4, -0.2) is 36.3 Å².